The van der Waals surface area contributed by atoms with Crippen molar-refractivity contribution in [1.82, 2.24) is 5.32 Å². The van der Waals surface area contributed by atoms with E-state index in [2.05, 4.69) is 5.32 Å². The molecule has 1 amide bonds. The van der Waals surface area contributed by atoms with Crippen molar-refractivity contribution in [3.05, 3.63) is 58.6 Å². The molecule has 24 heavy (non-hydrogen) atoms. The molecule has 0 fully saturated rings. The lowest BCUT2D eigenvalue weighted by Gasteiger charge is -2.14. The highest BCUT2D eigenvalue weighted by Crippen LogP contribution is 2.32. The highest BCUT2D eigenvalue weighted by Gasteiger charge is 2.15. The standard InChI is InChI=1S/C18H19ClN2O3/c1-21(10-14-4-2-3-5-15(14)19)11-18(22)20-9-13-6-7-16-17(8-13)24-12-23-16/h2-8H,9-12H2,1H3,(H,20,22)/p+1. The van der Waals surface area contributed by atoms with Gasteiger partial charge in [-0.15, -0.1) is 0 Å². The molecule has 5 nitrogen and oxygen atoms in total. The molecule has 0 radical (unpaired) electrons. The van der Waals surface area contributed by atoms with E-state index in [0.29, 0.717) is 19.6 Å². The molecule has 0 aromatic heterocycles. The van der Waals surface area contributed by atoms with Crippen molar-refractivity contribution >= 4 is 17.5 Å². The molecule has 3 rings (SSSR count). The molecule has 1 atom stereocenters. The molecule has 0 spiro atoms. The van der Waals surface area contributed by atoms with Crippen LogP contribution in [0.5, 0.6) is 11.5 Å². The second-order valence-electron chi connectivity index (χ2n) is 5.87. The van der Waals surface area contributed by atoms with Crippen molar-refractivity contribution in [2.24, 2.45) is 0 Å². The molecule has 6 heteroatoms. The van der Waals surface area contributed by atoms with Crippen LogP contribution in [0.1, 0.15) is 11.1 Å². The number of carbonyl (C=O) groups excluding carboxylic acids is 1. The monoisotopic (exact) mass is 347 g/mol. The summed E-state index contributed by atoms with van der Waals surface area (Å²) in [6.45, 7) is 1.81. The van der Waals surface area contributed by atoms with Crippen molar-refractivity contribution in [3.8, 4) is 11.5 Å². The van der Waals surface area contributed by atoms with Gasteiger partial charge in [0.15, 0.2) is 18.0 Å². The lowest BCUT2D eigenvalue weighted by Crippen LogP contribution is -3.08. The van der Waals surface area contributed by atoms with Gasteiger partial charge < -0.3 is 19.7 Å². The average molecular weight is 348 g/mol. The molecule has 2 aromatic rings. The van der Waals surface area contributed by atoms with Gasteiger partial charge in [-0.1, -0.05) is 35.9 Å². The third-order valence-electron chi connectivity index (χ3n) is 3.84. The van der Waals surface area contributed by atoms with Crippen LogP contribution in [0.2, 0.25) is 5.02 Å². The summed E-state index contributed by atoms with van der Waals surface area (Å²) in [4.78, 5) is 13.2. The number of halogens is 1. The summed E-state index contributed by atoms with van der Waals surface area (Å²) in [5.41, 5.74) is 2.02. The molecular formula is C18H20ClN2O3+. The number of rotatable bonds is 6. The fraction of sp³-hybridized carbons (Fsp3) is 0.278. The number of likely N-dealkylation sites (N-methyl/N-ethyl adjacent to an activating group) is 1. The van der Waals surface area contributed by atoms with Gasteiger partial charge in [-0.05, 0) is 23.8 Å². The first-order valence-corrected chi connectivity index (χ1v) is 8.19. The van der Waals surface area contributed by atoms with Crippen LogP contribution < -0.4 is 19.7 Å². The highest BCUT2D eigenvalue weighted by molar-refractivity contribution is 6.31. The molecule has 2 aromatic carbocycles. The maximum atomic E-state index is 12.1. The summed E-state index contributed by atoms with van der Waals surface area (Å²) in [7, 11) is 1.98. The van der Waals surface area contributed by atoms with Crippen molar-refractivity contribution < 1.29 is 19.2 Å². The Balaban J connectivity index is 1.48. The second-order valence-corrected chi connectivity index (χ2v) is 6.27. The van der Waals surface area contributed by atoms with Crippen molar-refractivity contribution in [2.75, 3.05) is 20.4 Å². The zero-order valence-corrected chi connectivity index (χ0v) is 14.2. The topological polar surface area (TPSA) is 52.0 Å². The third kappa shape index (κ3) is 4.19. The van der Waals surface area contributed by atoms with Gasteiger partial charge in [0.1, 0.15) is 6.54 Å². The Morgan fingerprint density at radius 2 is 2.00 bits per heavy atom. The minimum Gasteiger partial charge on any atom is -0.454 e. The van der Waals surface area contributed by atoms with Gasteiger partial charge in [-0.3, -0.25) is 4.79 Å². The summed E-state index contributed by atoms with van der Waals surface area (Å²) in [5, 5.41) is 3.67. The number of hydrogen-bond donors (Lipinski definition) is 2. The first-order chi connectivity index (χ1) is 11.6. The predicted octanol–water partition coefficient (Wildman–Crippen LogP) is 1.40. The number of amides is 1. The number of benzene rings is 2. The number of carbonyl (C=O) groups is 1. The number of ether oxygens (including phenoxy) is 2. The Morgan fingerprint density at radius 1 is 1.21 bits per heavy atom. The van der Waals surface area contributed by atoms with E-state index >= 15 is 0 Å². The van der Waals surface area contributed by atoms with Crippen LogP contribution in [0.4, 0.5) is 0 Å². The fourth-order valence-corrected chi connectivity index (χ4v) is 2.82. The van der Waals surface area contributed by atoms with Crippen LogP contribution in [0, 0.1) is 0 Å². The number of nitrogens with one attached hydrogen (secondary N) is 2. The fourth-order valence-electron chi connectivity index (χ4n) is 2.62. The lowest BCUT2D eigenvalue weighted by atomic mass is 10.2. The maximum absolute atomic E-state index is 12.1. The van der Waals surface area contributed by atoms with E-state index in [0.717, 1.165) is 32.5 Å². The van der Waals surface area contributed by atoms with Gasteiger partial charge in [0.05, 0.1) is 7.05 Å². The largest absolute Gasteiger partial charge is 0.454 e. The van der Waals surface area contributed by atoms with Crippen LogP contribution in [-0.4, -0.2) is 26.3 Å². The molecule has 1 heterocycles. The van der Waals surface area contributed by atoms with E-state index in [-0.39, 0.29) is 12.7 Å². The summed E-state index contributed by atoms with van der Waals surface area (Å²) in [6.07, 6.45) is 0. The molecule has 0 aliphatic carbocycles. The van der Waals surface area contributed by atoms with Crippen LogP contribution >= 0.6 is 11.6 Å². The van der Waals surface area contributed by atoms with Crippen LogP contribution in [0.15, 0.2) is 42.5 Å². The Hall–Kier alpha value is -2.24. The molecule has 2 N–H and O–H groups in total. The zero-order valence-electron chi connectivity index (χ0n) is 13.5. The Labute approximate surface area is 146 Å². The highest BCUT2D eigenvalue weighted by atomic mass is 35.5. The molecule has 1 aliphatic heterocycles. The normalized spacial score (nSPS) is 13.6. The van der Waals surface area contributed by atoms with E-state index in [1.54, 1.807) is 0 Å². The quantitative estimate of drug-likeness (QED) is 0.830. The Bertz CT molecular complexity index is 736. The van der Waals surface area contributed by atoms with Gasteiger partial charge in [0, 0.05) is 17.1 Å². The van der Waals surface area contributed by atoms with Crippen molar-refractivity contribution in [2.45, 2.75) is 13.1 Å². The van der Waals surface area contributed by atoms with Crippen LogP contribution in [-0.2, 0) is 17.9 Å². The van der Waals surface area contributed by atoms with Gasteiger partial charge in [0.25, 0.3) is 5.91 Å². The van der Waals surface area contributed by atoms with Gasteiger partial charge in [-0.25, -0.2) is 0 Å². The van der Waals surface area contributed by atoms with Gasteiger partial charge in [0.2, 0.25) is 6.79 Å². The van der Waals surface area contributed by atoms with Crippen molar-refractivity contribution in [3.63, 3.8) is 0 Å². The number of quaternary nitrogens is 1. The summed E-state index contributed by atoms with van der Waals surface area (Å²) < 4.78 is 10.6. The molecular weight excluding hydrogens is 328 g/mol. The van der Waals surface area contributed by atoms with E-state index in [4.69, 9.17) is 21.1 Å². The number of fused-ring (bicyclic) bond motifs is 1. The summed E-state index contributed by atoms with van der Waals surface area (Å²) in [5.74, 6) is 1.47. The molecule has 1 unspecified atom stereocenters. The molecule has 126 valence electrons. The summed E-state index contributed by atoms with van der Waals surface area (Å²) in [6, 6.07) is 13.4. The predicted molar refractivity (Wildman–Crippen MR) is 91.3 cm³/mol. The maximum Gasteiger partial charge on any atom is 0.275 e. The van der Waals surface area contributed by atoms with E-state index in [1.807, 2.05) is 49.5 Å². The Morgan fingerprint density at radius 3 is 2.83 bits per heavy atom. The molecule has 0 bridgehead atoms. The molecule has 0 saturated carbocycles. The van der Waals surface area contributed by atoms with Crippen LogP contribution in [0.25, 0.3) is 0 Å². The minimum absolute atomic E-state index is 0.00257. The third-order valence-corrected chi connectivity index (χ3v) is 4.21. The SMILES string of the molecule is C[NH+](CC(=O)NCc1ccc2c(c1)OCO2)Cc1ccccc1Cl. The van der Waals surface area contributed by atoms with Crippen LogP contribution in [0.3, 0.4) is 0 Å². The lowest BCUT2D eigenvalue weighted by molar-refractivity contribution is -0.885. The van der Waals surface area contributed by atoms with Gasteiger partial charge >= 0.3 is 0 Å². The Kier molecular flexibility index (Phi) is 5.23. The zero-order chi connectivity index (χ0) is 16.9. The van der Waals surface area contributed by atoms with E-state index in [1.165, 1.54) is 0 Å². The smallest absolute Gasteiger partial charge is 0.275 e. The first kappa shape index (κ1) is 16.6. The minimum atomic E-state index is -0.00257. The van der Waals surface area contributed by atoms with E-state index < -0.39 is 0 Å². The second kappa shape index (κ2) is 7.55. The van der Waals surface area contributed by atoms with E-state index in [9.17, 15) is 4.79 Å². The average Bonchev–Trinajstić information content (AvgIpc) is 3.02. The van der Waals surface area contributed by atoms with Gasteiger partial charge in [-0.2, -0.15) is 0 Å². The van der Waals surface area contributed by atoms with Crippen molar-refractivity contribution in [1.29, 1.82) is 0 Å². The number of hydrogen-bond acceptors (Lipinski definition) is 3. The first-order valence-electron chi connectivity index (χ1n) is 7.82. The molecule has 1 aliphatic rings. The molecule has 0 saturated heterocycles. The summed E-state index contributed by atoms with van der Waals surface area (Å²) >= 11 is 6.16.